The lowest BCUT2D eigenvalue weighted by Gasteiger charge is -2.31. The fourth-order valence-electron chi connectivity index (χ4n) is 3.99. The Balaban J connectivity index is 0.00000256. The molecular formula is C22H32ClN5O2. The third-order valence-corrected chi connectivity index (χ3v) is 5.96. The fourth-order valence-corrected chi connectivity index (χ4v) is 3.99. The summed E-state index contributed by atoms with van der Waals surface area (Å²) in [4.78, 5) is 19.5. The molecule has 7 nitrogen and oxygen atoms in total. The normalized spacial score (nSPS) is 18.1. The summed E-state index contributed by atoms with van der Waals surface area (Å²) in [5.41, 5.74) is 7.67. The van der Waals surface area contributed by atoms with Gasteiger partial charge in [0.2, 0.25) is 5.91 Å². The molecule has 4 rings (SSSR count). The van der Waals surface area contributed by atoms with Crippen molar-refractivity contribution in [3.63, 3.8) is 0 Å². The van der Waals surface area contributed by atoms with E-state index < -0.39 is 0 Å². The first-order valence-electron chi connectivity index (χ1n) is 10.7. The van der Waals surface area contributed by atoms with Crippen LogP contribution in [-0.2, 0) is 28.9 Å². The van der Waals surface area contributed by atoms with Crippen LogP contribution < -0.4 is 5.73 Å². The highest BCUT2D eigenvalue weighted by Crippen LogP contribution is 2.32. The fraction of sp³-hybridized carbons (Fsp3) is 0.591. The van der Waals surface area contributed by atoms with E-state index in [1.807, 2.05) is 23.1 Å². The van der Waals surface area contributed by atoms with Crippen molar-refractivity contribution < 1.29 is 9.53 Å². The number of nitrogens with two attached hydrogens (primary N) is 1. The van der Waals surface area contributed by atoms with Gasteiger partial charge in [0.1, 0.15) is 12.4 Å². The molecule has 1 aromatic heterocycles. The van der Waals surface area contributed by atoms with Gasteiger partial charge in [0, 0.05) is 26.6 Å². The molecule has 8 heteroatoms. The molecule has 1 aliphatic heterocycles. The van der Waals surface area contributed by atoms with E-state index in [2.05, 4.69) is 17.2 Å². The Kier molecular flexibility index (Phi) is 7.86. The number of benzene rings is 1. The predicted octanol–water partition coefficient (Wildman–Crippen LogP) is 2.53. The van der Waals surface area contributed by atoms with Crippen LogP contribution in [0.2, 0.25) is 0 Å². The van der Waals surface area contributed by atoms with Crippen LogP contribution in [0.1, 0.15) is 48.9 Å². The summed E-state index contributed by atoms with van der Waals surface area (Å²) in [7, 11) is 1.74. The zero-order chi connectivity index (χ0) is 20.2. The Morgan fingerprint density at radius 1 is 1.20 bits per heavy atom. The number of hydrogen-bond acceptors (Lipinski definition) is 5. The van der Waals surface area contributed by atoms with Crippen molar-refractivity contribution >= 4 is 18.3 Å². The van der Waals surface area contributed by atoms with Gasteiger partial charge in [-0.15, -0.1) is 12.4 Å². The summed E-state index contributed by atoms with van der Waals surface area (Å²) < 4.78 is 7.15. The number of amides is 1. The number of halogens is 1. The summed E-state index contributed by atoms with van der Waals surface area (Å²) >= 11 is 0. The highest BCUT2D eigenvalue weighted by Gasteiger charge is 2.28. The first-order chi connectivity index (χ1) is 14.1. The molecule has 1 aliphatic carbocycles. The van der Waals surface area contributed by atoms with Crippen molar-refractivity contribution in [3.05, 3.63) is 47.5 Å². The van der Waals surface area contributed by atoms with Gasteiger partial charge in [-0.25, -0.2) is 9.67 Å². The van der Waals surface area contributed by atoms with E-state index >= 15 is 0 Å². The minimum absolute atomic E-state index is 0. The number of ether oxygens (including phenoxy) is 1. The summed E-state index contributed by atoms with van der Waals surface area (Å²) in [6, 6.07) is 9.87. The number of aromatic nitrogens is 3. The molecule has 2 N–H and O–H groups in total. The molecule has 30 heavy (non-hydrogen) atoms. The number of hydrogen-bond donors (Lipinski definition) is 1. The van der Waals surface area contributed by atoms with E-state index in [0.29, 0.717) is 18.2 Å². The van der Waals surface area contributed by atoms with Crippen LogP contribution in [0, 0.1) is 5.92 Å². The highest BCUT2D eigenvalue weighted by molar-refractivity contribution is 5.85. The minimum Gasteiger partial charge on any atom is -0.381 e. The molecule has 1 aromatic carbocycles. The van der Waals surface area contributed by atoms with Crippen molar-refractivity contribution in [1.29, 1.82) is 0 Å². The van der Waals surface area contributed by atoms with Crippen molar-refractivity contribution in [2.45, 2.75) is 57.2 Å². The molecule has 1 saturated carbocycles. The van der Waals surface area contributed by atoms with Gasteiger partial charge in [0.05, 0.1) is 12.1 Å². The third kappa shape index (κ3) is 5.80. The molecule has 0 unspecified atom stereocenters. The second-order valence-electron chi connectivity index (χ2n) is 8.30. The van der Waals surface area contributed by atoms with Gasteiger partial charge in [-0.3, -0.25) is 4.79 Å². The molecule has 2 aromatic rings. The van der Waals surface area contributed by atoms with Gasteiger partial charge < -0.3 is 15.4 Å². The average Bonchev–Trinajstić information content (AvgIpc) is 3.47. The first-order valence-corrected chi connectivity index (χ1v) is 10.7. The zero-order valence-corrected chi connectivity index (χ0v) is 18.4. The average molecular weight is 434 g/mol. The standard InChI is InChI=1S/C22H31N5O2.ClH/c1-29-18-9-11-26(12-10-18)21(28)15-27-22(24-20(25-27)14-17-7-8-17)19(23)13-16-5-3-2-4-6-16;/h2-6,17-19H,7-15,23H2,1H3;1H/t19-;/m1./s1. The minimum atomic E-state index is -0.287. The number of carbonyl (C=O) groups is 1. The van der Waals surface area contributed by atoms with Gasteiger partial charge >= 0.3 is 0 Å². The van der Waals surface area contributed by atoms with Crippen LogP contribution in [0.3, 0.4) is 0 Å². The Morgan fingerprint density at radius 3 is 2.53 bits per heavy atom. The molecule has 0 bridgehead atoms. The van der Waals surface area contributed by atoms with Gasteiger partial charge in [-0.1, -0.05) is 30.3 Å². The van der Waals surface area contributed by atoms with Crippen LogP contribution in [-0.4, -0.2) is 51.9 Å². The third-order valence-electron chi connectivity index (χ3n) is 5.96. The highest BCUT2D eigenvalue weighted by atomic mass is 35.5. The summed E-state index contributed by atoms with van der Waals surface area (Å²) in [5, 5.41) is 4.67. The molecular weight excluding hydrogens is 402 g/mol. The number of carbonyl (C=O) groups excluding carboxylic acids is 1. The second kappa shape index (κ2) is 10.4. The lowest BCUT2D eigenvalue weighted by Crippen LogP contribution is -2.42. The van der Waals surface area contributed by atoms with E-state index in [0.717, 1.165) is 43.7 Å². The predicted molar refractivity (Wildman–Crippen MR) is 117 cm³/mol. The number of methoxy groups -OCH3 is 1. The smallest absolute Gasteiger partial charge is 0.244 e. The number of nitrogens with zero attached hydrogens (tertiary/aromatic N) is 4. The molecule has 0 radical (unpaired) electrons. The molecule has 2 aliphatic rings. The molecule has 1 saturated heterocycles. The topological polar surface area (TPSA) is 86.3 Å². The van der Waals surface area contributed by atoms with Crippen LogP contribution in [0.4, 0.5) is 0 Å². The van der Waals surface area contributed by atoms with Crippen LogP contribution in [0.5, 0.6) is 0 Å². The van der Waals surface area contributed by atoms with Gasteiger partial charge in [-0.05, 0) is 43.6 Å². The molecule has 0 spiro atoms. The maximum absolute atomic E-state index is 12.9. The van der Waals surface area contributed by atoms with E-state index in [1.54, 1.807) is 11.8 Å². The van der Waals surface area contributed by atoms with Crippen molar-refractivity contribution in [2.75, 3.05) is 20.2 Å². The Bertz CT molecular complexity index is 816. The Labute approximate surface area is 184 Å². The van der Waals surface area contributed by atoms with E-state index in [4.69, 9.17) is 15.5 Å². The molecule has 164 valence electrons. The summed E-state index contributed by atoms with van der Waals surface area (Å²) in [6.07, 6.45) is 6.06. The van der Waals surface area contributed by atoms with Gasteiger partial charge in [-0.2, -0.15) is 5.10 Å². The maximum Gasteiger partial charge on any atom is 0.244 e. The van der Waals surface area contributed by atoms with Crippen LogP contribution >= 0.6 is 12.4 Å². The second-order valence-corrected chi connectivity index (χ2v) is 8.30. The monoisotopic (exact) mass is 433 g/mol. The quantitative estimate of drug-likeness (QED) is 0.691. The summed E-state index contributed by atoms with van der Waals surface area (Å²) in [5.74, 6) is 2.30. The van der Waals surface area contributed by atoms with Gasteiger partial charge in [0.15, 0.2) is 5.82 Å². The zero-order valence-electron chi connectivity index (χ0n) is 17.6. The van der Waals surface area contributed by atoms with Gasteiger partial charge in [0.25, 0.3) is 0 Å². The van der Waals surface area contributed by atoms with E-state index in [9.17, 15) is 4.79 Å². The molecule has 1 atom stereocenters. The van der Waals surface area contributed by atoms with Crippen molar-refractivity contribution in [1.82, 2.24) is 19.7 Å². The lowest BCUT2D eigenvalue weighted by atomic mass is 10.1. The number of rotatable bonds is 8. The maximum atomic E-state index is 12.9. The van der Waals surface area contributed by atoms with Crippen LogP contribution in [0.25, 0.3) is 0 Å². The number of piperidine rings is 1. The Hall–Kier alpha value is -1.96. The SMILES string of the molecule is COC1CCN(C(=O)Cn2nc(CC3CC3)nc2[C@H](N)Cc2ccccc2)CC1.Cl. The van der Waals surface area contributed by atoms with E-state index in [-0.39, 0.29) is 37.0 Å². The molecule has 2 fully saturated rings. The molecule has 2 heterocycles. The summed E-state index contributed by atoms with van der Waals surface area (Å²) in [6.45, 7) is 1.66. The largest absolute Gasteiger partial charge is 0.381 e. The lowest BCUT2D eigenvalue weighted by molar-refractivity contribution is -0.134. The van der Waals surface area contributed by atoms with Crippen LogP contribution in [0.15, 0.2) is 30.3 Å². The van der Waals surface area contributed by atoms with E-state index in [1.165, 1.54) is 12.8 Å². The van der Waals surface area contributed by atoms with Crippen molar-refractivity contribution in [3.8, 4) is 0 Å². The first kappa shape index (κ1) is 22.7. The number of likely N-dealkylation sites (tertiary alicyclic amines) is 1. The molecule has 1 amide bonds. The van der Waals surface area contributed by atoms with Crippen molar-refractivity contribution in [2.24, 2.45) is 11.7 Å². The Morgan fingerprint density at radius 2 is 1.90 bits per heavy atom.